The Bertz CT molecular complexity index is 1430. The van der Waals surface area contributed by atoms with Gasteiger partial charge in [0.1, 0.15) is 22.7 Å². The lowest BCUT2D eigenvalue weighted by atomic mass is 10.1. The van der Waals surface area contributed by atoms with Gasteiger partial charge in [-0.15, -0.1) is 0 Å². The number of ether oxygens (including phenoxy) is 2. The summed E-state index contributed by atoms with van der Waals surface area (Å²) in [6.07, 6.45) is 0.323. The van der Waals surface area contributed by atoms with E-state index >= 15 is 0 Å². The van der Waals surface area contributed by atoms with Crippen molar-refractivity contribution in [2.45, 2.75) is 44.6 Å². The van der Waals surface area contributed by atoms with Crippen molar-refractivity contribution in [2.75, 3.05) is 18.1 Å². The van der Waals surface area contributed by atoms with Crippen LogP contribution in [0.15, 0.2) is 35.5 Å². The molecule has 2 aliphatic heterocycles. The molecule has 1 fully saturated rings. The first-order valence-corrected chi connectivity index (χ1v) is 11.9. The minimum atomic E-state index is -4.78. The number of hydrogen-bond donors (Lipinski definition) is 0. The average Bonchev–Trinajstić information content (AvgIpc) is 2.90. The van der Waals surface area contributed by atoms with Gasteiger partial charge in [-0.3, -0.25) is 4.79 Å². The monoisotopic (exact) mass is 532 g/mol. The normalized spacial score (nSPS) is 17.7. The number of hydrogen-bond acceptors (Lipinski definition) is 7. The summed E-state index contributed by atoms with van der Waals surface area (Å²) in [7, 11) is 0. The van der Waals surface area contributed by atoms with E-state index in [0.29, 0.717) is 42.9 Å². The fraction of sp³-hybridized carbons (Fsp3) is 0.375. The Morgan fingerprint density at radius 1 is 1.24 bits per heavy atom. The molecule has 5 rings (SSSR count). The van der Waals surface area contributed by atoms with Crippen LogP contribution in [0.4, 0.5) is 24.5 Å². The number of benzene rings is 1. The first-order chi connectivity index (χ1) is 17.8. The van der Waals surface area contributed by atoms with Crippen LogP contribution >= 0.6 is 11.6 Å². The van der Waals surface area contributed by atoms with E-state index in [1.54, 1.807) is 0 Å². The van der Waals surface area contributed by atoms with E-state index in [2.05, 4.69) is 19.9 Å². The Hall–Kier alpha value is -3.69. The molecule has 9 nitrogen and oxygen atoms in total. The number of alkyl halides is 3. The van der Waals surface area contributed by atoms with Gasteiger partial charge in [0, 0.05) is 18.7 Å². The van der Waals surface area contributed by atoms with Gasteiger partial charge in [-0.05, 0) is 31.7 Å². The smallest absolute Gasteiger partial charge is 0.410 e. The number of rotatable bonds is 4. The molecule has 2 aromatic heterocycles. The second kappa shape index (κ2) is 9.99. The van der Waals surface area contributed by atoms with Crippen LogP contribution < -0.4 is 15.2 Å². The van der Waals surface area contributed by atoms with Crippen LogP contribution in [0.5, 0.6) is 11.6 Å². The van der Waals surface area contributed by atoms with Gasteiger partial charge in [-0.1, -0.05) is 23.7 Å². The van der Waals surface area contributed by atoms with Crippen LogP contribution in [-0.4, -0.2) is 32.9 Å². The third-order valence-corrected chi connectivity index (χ3v) is 6.63. The molecule has 1 saturated heterocycles. The average molecular weight is 533 g/mol. The fourth-order valence-corrected chi connectivity index (χ4v) is 4.74. The van der Waals surface area contributed by atoms with Crippen LogP contribution in [-0.2, 0) is 23.9 Å². The molecule has 13 heteroatoms. The lowest BCUT2D eigenvalue weighted by molar-refractivity contribution is -0.137. The molecule has 2 aliphatic rings. The maximum Gasteiger partial charge on any atom is 0.410 e. The molecule has 3 aromatic rings. The largest absolute Gasteiger partial charge is 0.439 e. The van der Waals surface area contributed by atoms with Crippen LogP contribution in [0.2, 0.25) is 5.02 Å². The van der Waals surface area contributed by atoms with Gasteiger partial charge >= 0.3 is 6.18 Å². The van der Waals surface area contributed by atoms with E-state index in [-0.39, 0.29) is 17.4 Å². The summed E-state index contributed by atoms with van der Waals surface area (Å²) < 4.78 is 53.5. The van der Waals surface area contributed by atoms with Crippen LogP contribution in [0, 0.1) is 6.57 Å². The fourth-order valence-electron chi connectivity index (χ4n) is 4.48. The van der Waals surface area contributed by atoms with E-state index in [0.717, 1.165) is 25.0 Å². The molecule has 1 aromatic carbocycles. The van der Waals surface area contributed by atoms with Gasteiger partial charge in [0.05, 0.1) is 30.7 Å². The highest BCUT2D eigenvalue weighted by molar-refractivity contribution is 6.33. The van der Waals surface area contributed by atoms with Crippen LogP contribution in [0.1, 0.15) is 42.3 Å². The van der Waals surface area contributed by atoms with Crippen molar-refractivity contribution < 1.29 is 22.6 Å². The first kappa shape index (κ1) is 25.0. The quantitative estimate of drug-likeness (QED) is 0.421. The van der Waals surface area contributed by atoms with Crippen molar-refractivity contribution in [3.63, 3.8) is 0 Å². The summed E-state index contributed by atoms with van der Waals surface area (Å²) in [5.41, 5.74) is -0.697. The molecule has 37 heavy (non-hydrogen) atoms. The number of fused-ring (bicyclic) bond motifs is 1. The molecule has 0 radical (unpaired) electrons. The van der Waals surface area contributed by atoms with Gasteiger partial charge in [0.15, 0.2) is 6.23 Å². The standard InChI is InChI=1S/C24H20ClF3N6O3/c1-29-15-5-4-6-18(20(15)24(26,27)28)37-22-14-8-9-33(12-16(14)30-13-31-22)17-11-32-34(23(35)21(17)25)19-7-2-3-10-36-19/h4-6,11,13,19H,2-3,7-10,12H2. The molecule has 0 amide bonds. The zero-order valence-electron chi connectivity index (χ0n) is 19.3. The Kier molecular flexibility index (Phi) is 6.74. The second-order valence-electron chi connectivity index (χ2n) is 8.55. The van der Waals surface area contributed by atoms with Crippen molar-refractivity contribution in [3.05, 3.63) is 74.3 Å². The first-order valence-electron chi connectivity index (χ1n) is 11.5. The third kappa shape index (κ3) is 4.84. The minimum absolute atomic E-state index is 0.00364. The van der Waals surface area contributed by atoms with Crippen molar-refractivity contribution in [3.8, 4) is 11.6 Å². The summed E-state index contributed by atoms with van der Waals surface area (Å²) in [4.78, 5) is 26.0. The molecule has 0 spiro atoms. The van der Waals surface area contributed by atoms with Crippen molar-refractivity contribution in [1.29, 1.82) is 0 Å². The predicted octanol–water partition coefficient (Wildman–Crippen LogP) is 5.31. The molecule has 0 aliphatic carbocycles. The van der Waals surface area contributed by atoms with Gasteiger partial charge in [-0.25, -0.2) is 14.8 Å². The number of anilines is 1. The second-order valence-corrected chi connectivity index (χ2v) is 8.93. The summed E-state index contributed by atoms with van der Waals surface area (Å²) in [6.45, 7) is 8.23. The van der Waals surface area contributed by atoms with Gasteiger partial charge in [0.2, 0.25) is 11.6 Å². The summed E-state index contributed by atoms with van der Waals surface area (Å²) >= 11 is 6.45. The molecular formula is C24H20ClF3N6O3. The Labute approximate surface area is 214 Å². The van der Waals surface area contributed by atoms with Crippen molar-refractivity contribution in [2.24, 2.45) is 0 Å². The topological polar surface area (TPSA) is 86.7 Å². The third-order valence-electron chi connectivity index (χ3n) is 6.28. The lowest BCUT2D eigenvalue weighted by Gasteiger charge is -2.31. The number of nitrogens with zero attached hydrogens (tertiary/aromatic N) is 6. The van der Waals surface area contributed by atoms with E-state index < -0.39 is 35.0 Å². The zero-order valence-corrected chi connectivity index (χ0v) is 20.1. The van der Waals surface area contributed by atoms with Gasteiger partial charge in [-0.2, -0.15) is 23.0 Å². The molecule has 192 valence electrons. The summed E-state index contributed by atoms with van der Waals surface area (Å²) in [5.74, 6) is -0.531. The maximum absolute atomic E-state index is 13.7. The van der Waals surface area contributed by atoms with Crippen LogP contribution in [0.25, 0.3) is 4.85 Å². The minimum Gasteiger partial charge on any atom is -0.439 e. The Morgan fingerprint density at radius 2 is 2.08 bits per heavy atom. The predicted molar refractivity (Wildman–Crippen MR) is 127 cm³/mol. The molecule has 0 bridgehead atoms. The molecule has 0 saturated carbocycles. The van der Waals surface area contributed by atoms with Crippen LogP contribution in [0.3, 0.4) is 0 Å². The van der Waals surface area contributed by atoms with E-state index in [1.165, 1.54) is 23.3 Å². The lowest BCUT2D eigenvalue weighted by Crippen LogP contribution is -2.36. The molecule has 1 unspecified atom stereocenters. The molecular weight excluding hydrogens is 513 g/mol. The van der Waals surface area contributed by atoms with Crippen molar-refractivity contribution >= 4 is 23.0 Å². The maximum atomic E-state index is 13.7. The molecule has 4 heterocycles. The summed E-state index contributed by atoms with van der Waals surface area (Å²) in [5, 5.41) is 4.28. The SMILES string of the molecule is [C-]#[N+]c1cccc(Oc2ncnc3c2CCN(c2cnn(C4CCCCO4)c(=O)c2Cl)C3)c1C(F)(F)F. The molecule has 1 atom stereocenters. The van der Waals surface area contributed by atoms with E-state index in [9.17, 15) is 18.0 Å². The summed E-state index contributed by atoms with van der Waals surface area (Å²) in [6, 6.07) is 3.56. The number of aromatic nitrogens is 4. The van der Waals surface area contributed by atoms with E-state index in [4.69, 9.17) is 27.6 Å². The van der Waals surface area contributed by atoms with Gasteiger partial charge < -0.3 is 14.4 Å². The highest BCUT2D eigenvalue weighted by atomic mass is 35.5. The highest BCUT2D eigenvalue weighted by Crippen LogP contribution is 2.44. The Morgan fingerprint density at radius 3 is 2.81 bits per heavy atom. The van der Waals surface area contributed by atoms with Gasteiger partial charge in [0.25, 0.3) is 5.56 Å². The van der Waals surface area contributed by atoms with E-state index in [1.807, 2.05) is 4.90 Å². The highest BCUT2D eigenvalue weighted by Gasteiger charge is 2.38. The zero-order chi connectivity index (χ0) is 26.2. The van der Waals surface area contributed by atoms with Crippen molar-refractivity contribution in [1.82, 2.24) is 19.7 Å². The molecule has 0 N–H and O–H groups in total. The number of halogens is 4. The Balaban J connectivity index is 1.42.